The predicted molar refractivity (Wildman–Crippen MR) is 88.5 cm³/mol. The van der Waals surface area contributed by atoms with Crippen LogP contribution in [0.3, 0.4) is 0 Å². The minimum absolute atomic E-state index is 0.0398. The highest BCUT2D eigenvalue weighted by Gasteiger charge is 2.41. The number of likely N-dealkylation sites (tertiary alicyclic amines) is 1. The van der Waals surface area contributed by atoms with E-state index >= 15 is 0 Å². The highest BCUT2D eigenvalue weighted by Crippen LogP contribution is 2.29. The zero-order valence-corrected chi connectivity index (χ0v) is 14.9. The van der Waals surface area contributed by atoms with Crippen LogP contribution in [0.5, 0.6) is 0 Å². The van der Waals surface area contributed by atoms with Gasteiger partial charge in [0.1, 0.15) is 5.60 Å². The SMILES string of the molecule is CO[C@H]1CN(C(=O)OC(C)(C)C)CC1NC1CN2CCC1CC2. The molecule has 0 spiro atoms. The second-order valence-corrected chi connectivity index (χ2v) is 8.18. The summed E-state index contributed by atoms with van der Waals surface area (Å²) < 4.78 is 11.1. The van der Waals surface area contributed by atoms with Crippen molar-refractivity contribution in [1.29, 1.82) is 0 Å². The fraction of sp³-hybridized carbons (Fsp3) is 0.941. The lowest BCUT2D eigenvalue weighted by molar-refractivity contribution is 0.0250. The summed E-state index contributed by atoms with van der Waals surface area (Å²) >= 11 is 0. The number of hydrogen-bond donors (Lipinski definition) is 1. The molecule has 0 aromatic carbocycles. The Morgan fingerprint density at radius 1 is 1.09 bits per heavy atom. The van der Waals surface area contributed by atoms with Gasteiger partial charge in [0.2, 0.25) is 0 Å². The standard InChI is InChI=1S/C17H31N3O3/c1-17(2,3)23-16(21)20-10-14(15(11-20)22-4)18-13-9-19-7-5-12(13)6-8-19/h12-15,18H,5-11H2,1-4H3/t13?,14?,15-/m0/s1. The molecule has 1 N–H and O–H groups in total. The quantitative estimate of drug-likeness (QED) is 0.848. The van der Waals surface area contributed by atoms with Gasteiger partial charge in [0.25, 0.3) is 0 Å². The fourth-order valence-corrected chi connectivity index (χ4v) is 4.08. The Bertz CT molecular complexity index is 429. The van der Waals surface area contributed by atoms with Crippen LogP contribution in [0.1, 0.15) is 33.6 Å². The molecule has 3 atom stereocenters. The maximum atomic E-state index is 12.3. The molecule has 0 radical (unpaired) electrons. The van der Waals surface area contributed by atoms with Crippen LogP contribution in [0.2, 0.25) is 0 Å². The Hall–Kier alpha value is -0.850. The van der Waals surface area contributed by atoms with Crippen LogP contribution < -0.4 is 5.32 Å². The van der Waals surface area contributed by atoms with E-state index in [0.717, 1.165) is 12.5 Å². The summed E-state index contributed by atoms with van der Waals surface area (Å²) in [6.07, 6.45) is 2.38. The Balaban J connectivity index is 1.58. The zero-order chi connectivity index (χ0) is 16.6. The monoisotopic (exact) mass is 325 g/mol. The summed E-state index contributed by atoms with van der Waals surface area (Å²) in [5.74, 6) is 0.771. The average molecular weight is 325 g/mol. The Labute approximate surface area is 139 Å². The molecule has 2 unspecified atom stereocenters. The normalized spacial score (nSPS) is 37.2. The number of amides is 1. The molecule has 4 fully saturated rings. The molecule has 23 heavy (non-hydrogen) atoms. The predicted octanol–water partition coefficient (Wildman–Crippen LogP) is 1.30. The molecule has 0 aromatic rings. The number of carbonyl (C=O) groups is 1. The first-order valence-corrected chi connectivity index (χ1v) is 8.85. The van der Waals surface area contributed by atoms with Gasteiger partial charge in [-0.1, -0.05) is 0 Å². The molecule has 0 saturated carbocycles. The van der Waals surface area contributed by atoms with E-state index in [-0.39, 0.29) is 18.2 Å². The van der Waals surface area contributed by atoms with Gasteiger partial charge in [0.05, 0.1) is 18.7 Å². The highest BCUT2D eigenvalue weighted by molar-refractivity contribution is 5.68. The second-order valence-electron chi connectivity index (χ2n) is 8.18. The topological polar surface area (TPSA) is 54.0 Å². The molecule has 4 heterocycles. The molecule has 2 bridgehead atoms. The third-order valence-corrected chi connectivity index (χ3v) is 5.30. The summed E-state index contributed by atoms with van der Waals surface area (Å²) in [5.41, 5.74) is -0.457. The van der Waals surface area contributed by atoms with Crippen LogP contribution in [0.15, 0.2) is 0 Å². The van der Waals surface area contributed by atoms with Crippen LogP contribution in [-0.2, 0) is 9.47 Å². The first-order valence-electron chi connectivity index (χ1n) is 8.85. The maximum Gasteiger partial charge on any atom is 0.410 e. The number of carbonyl (C=O) groups excluding carboxylic acids is 1. The van der Waals surface area contributed by atoms with E-state index in [2.05, 4.69) is 10.2 Å². The van der Waals surface area contributed by atoms with Crippen molar-refractivity contribution >= 4 is 6.09 Å². The maximum absolute atomic E-state index is 12.3. The molecule has 6 heteroatoms. The number of nitrogens with one attached hydrogen (secondary N) is 1. The van der Waals surface area contributed by atoms with Crippen LogP contribution in [0.4, 0.5) is 4.79 Å². The molecular formula is C17H31N3O3. The fourth-order valence-electron chi connectivity index (χ4n) is 4.08. The van der Waals surface area contributed by atoms with Gasteiger partial charge >= 0.3 is 6.09 Å². The number of piperidine rings is 3. The molecule has 4 rings (SSSR count). The Kier molecular flexibility index (Phi) is 4.85. The molecular weight excluding hydrogens is 294 g/mol. The lowest BCUT2D eigenvalue weighted by Crippen LogP contribution is -2.59. The van der Waals surface area contributed by atoms with Crippen molar-refractivity contribution in [1.82, 2.24) is 15.1 Å². The summed E-state index contributed by atoms with van der Waals surface area (Å²) in [7, 11) is 1.73. The van der Waals surface area contributed by atoms with Crippen molar-refractivity contribution in [3.05, 3.63) is 0 Å². The number of nitrogens with zero attached hydrogens (tertiary/aromatic N) is 2. The third kappa shape index (κ3) is 3.98. The van der Waals surface area contributed by atoms with Crippen molar-refractivity contribution in [3.63, 3.8) is 0 Å². The average Bonchev–Trinajstić information content (AvgIpc) is 2.90. The van der Waals surface area contributed by atoms with E-state index in [1.54, 1.807) is 12.0 Å². The number of fused-ring (bicyclic) bond motifs is 3. The minimum atomic E-state index is -0.457. The minimum Gasteiger partial charge on any atom is -0.444 e. The lowest BCUT2D eigenvalue weighted by atomic mass is 9.83. The molecule has 0 aromatic heterocycles. The van der Waals surface area contributed by atoms with Gasteiger partial charge in [-0.25, -0.2) is 4.79 Å². The number of methoxy groups -OCH3 is 1. The first-order chi connectivity index (χ1) is 10.9. The summed E-state index contributed by atoms with van der Waals surface area (Å²) in [5, 5.41) is 3.78. The smallest absolute Gasteiger partial charge is 0.410 e. The molecule has 0 aliphatic carbocycles. The molecule has 4 aliphatic heterocycles. The van der Waals surface area contributed by atoms with Gasteiger partial charge in [-0.05, 0) is 52.6 Å². The van der Waals surface area contributed by atoms with Crippen LogP contribution in [0.25, 0.3) is 0 Å². The van der Waals surface area contributed by atoms with Crippen molar-refractivity contribution in [2.75, 3.05) is 39.8 Å². The Morgan fingerprint density at radius 2 is 1.78 bits per heavy atom. The van der Waals surface area contributed by atoms with Crippen molar-refractivity contribution < 1.29 is 14.3 Å². The molecule has 1 amide bonds. The largest absolute Gasteiger partial charge is 0.444 e. The van der Waals surface area contributed by atoms with Gasteiger partial charge in [-0.2, -0.15) is 0 Å². The lowest BCUT2D eigenvalue weighted by Gasteiger charge is -2.46. The third-order valence-electron chi connectivity index (χ3n) is 5.30. The number of ether oxygens (including phenoxy) is 2. The van der Waals surface area contributed by atoms with Gasteiger partial charge in [-0.3, -0.25) is 0 Å². The van der Waals surface area contributed by atoms with E-state index < -0.39 is 5.60 Å². The summed E-state index contributed by atoms with van der Waals surface area (Å²) in [4.78, 5) is 16.6. The van der Waals surface area contributed by atoms with Gasteiger partial charge in [0.15, 0.2) is 0 Å². The summed E-state index contributed by atoms with van der Waals surface area (Å²) in [6, 6.07) is 0.719. The van der Waals surface area contributed by atoms with E-state index in [9.17, 15) is 4.79 Å². The van der Waals surface area contributed by atoms with Crippen molar-refractivity contribution in [2.45, 2.75) is 57.4 Å². The molecule has 4 saturated heterocycles. The van der Waals surface area contributed by atoms with E-state index in [4.69, 9.17) is 9.47 Å². The van der Waals surface area contributed by atoms with Crippen molar-refractivity contribution in [3.8, 4) is 0 Å². The van der Waals surface area contributed by atoms with E-state index in [1.165, 1.54) is 25.9 Å². The van der Waals surface area contributed by atoms with Gasteiger partial charge in [0, 0.05) is 26.2 Å². The molecule has 6 nitrogen and oxygen atoms in total. The zero-order valence-electron chi connectivity index (χ0n) is 14.9. The molecule has 4 aliphatic rings. The van der Waals surface area contributed by atoms with Gasteiger partial charge in [-0.15, -0.1) is 0 Å². The second kappa shape index (κ2) is 6.57. The first kappa shape index (κ1) is 17.0. The van der Waals surface area contributed by atoms with E-state index in [1.807, 2.05) is 20.8 Å². The van der Waals surface area contributed by atoms with E-state index in [0.29, 0.717) is 19.1 Å². The highest BCUT2D eigenvalue weighted by atomic mass is 16.6. The number of rotatable bonds is 3. The molecule has 132 valence electrons. The van der Waals surface area contributed by atoms with Crippen molar-refractivity contribution in [2.24, 2.45) is 5.92 Å². The van der Waals surface area contributed by atoms with Crippen LogP contribution in [0, 0.1) is 5.92 Å². The summed E-state index contributed by atoms with van der Waals surface area (Å²) in [6.45, 7) is 10.6. The van der Waals surface area contributed by atoms with Crippen LogP contribution >= 0.6 is 0 Å². The van der Waals surface area contributed by atoms with Crippen LogP contribution in [-0.4, -0.2) is 79.5 Å². The van der Waals surface area contributed by atoms with Gasteiger partial charge < -0.3 is 24.6 Å². The number of hydrogen-bond acceptors (Lipinski definition) is 5. The Morgan fingerprint density at radius 3 is 2.30 bits per heavy atom.